The molecule has 0 aliphatic rings. The van der Waals surface area contributed by atoms with Crippen LogP contribution in [0.3, 0.4) is 0 Å². The van der Waals surface area contributed by atoms with Gasteiger partial charge >= 0.3 is 5.97 Å². The second-order valence-corrected chi connectivity index (χ2v) is 5.90. The Morgan fingerprint density at radius 2 is 1.60 bits per heavy atom. The molecule has 0 aromatic heterocycles. The molecule has 0 spiro atoms. The van der Waals surface area contributed by atoms with Crippen molar-refractivity contribution >= 4 is 5.97 Å². The molecule has 0 rings (SSSR count). The minimum absolute atomic E-state index is 0.102. The molecule has 0 aliphatic heterocycles. The number of rotatable bonds is 2. The van der Waals surface area contributed by atoms with Crippen molar-refractivity contribution in [3.05, 3.63) is 12.2 Å². The first-order valence-corrected chi connectivity index (χ1v) is 5.43. The van der Waals surface area contributed by atoms with Gasteiger partial charge in [-0.2, -0.15) is 0 Å². The smallest absolute Gasteiger partial charge is 0.313 e. The van der Waals surface area contributed by atoms with Gasteiger partial charge < -0.3 is 4.74 Å². The van der Waals surface area contributed by atoms with E-state index in [1.54, 1.807) is 0 Å². The number of esters is 1. The molecule has 88 valence electrons. The van der Waals surface area contributed by atoms with E-state index in [1.807, 2.05) is 60.6 Å². The zero-order valence-electron chi connectivity index (χ0n) is 11.0. The molecule has 0 radical (unpaired) electrons. The molecule has 15 heavy (non-hydrogen) atoms. The van der Waals surface area contributed by atoms with E-state index in [9.17, 15) is 4.79 Å². The van der Waals surface area contributed by atoms with Gasteiger partial charge in [-0.25, -0.2) is 0 Å². The van der Waals surface area contributed by atoms with Gasteiger partial charge in [0, 0.05) is 0 Å². The van der Waals surface area contributed by atoms with Crippen molar-refractivity contribution in [1.29, 1.82) is 0 Å². The molecule has 0 saturated heterocycles. The van der Waals surface area contributed by atoms with Gasteiger partial charge in [0.15, 0.2) is 0 Å². The lowest BCUT2D eigenvalue weighted by molar-refractivity contribution is -0.161. The lowest BCUT2D eigenvalue weighted by Gasteiger charge is -2.29. The van der Waals surface area contributed by atoms with Crippen LogP contribution in [0, 0.1) is 11.3 Å². The highest BCUT2D eigenvalue weighted by atomic mass is 16.6. The third-order valence-corrected chi connectivity index (χ3v) is 1.98. The van der Waals surface area contributed by atoms with Crippen molar-refractivity contribution in [1.82, 2.24) is 0 Å². The molecule has 1 unspecified atom stereocenters. The second-order valence-electron chi connectivity index (χ2n) is 5.90. The molecule has 0 aromatic carbocycles. The number of hydrogen-bond donors (Lipinski definition) is 0. The maximum atomic E-state index is 11.9. The summed E-state index contributed by atoms with van der Waals surface area (Å²) in [5, 5.41) is 0. The average Bonchev–Trinajstić information content (AvgIpc) is 1.93. The summed E-state index contributed by atoms with van der Waals surface area (Å²) in [5.41, 5.74) is -0.517. The van der Waals surface area contributed by atoms with Gasteiger partial charge in [-0.05, 0) is 33.1 Å². The Hall–Kier alpha value is -0.790. The van der Waals surface area contributed by atoms with E-state index in [2.05, 4.69) is 0 Å². The minimum Gasteiger partial charge on any atom is -0.460 e. The fraction of sp³-hybridized carbons (Fsp3) is 0.769. The van der Waals surface area contributed by atoms with Gasteiger partial charge in [-0.15, -0.1) is 0 Å². The molecular weight excluding hydrogens is 188 g/mol. The number of ether oxygens (including phenoxy) is 1. The maximum Gasteiger partial charge on any atom is 0.313 e. The summed E-state index contributed by atoms with van der Waals surface area (Å²) in [6.45, 7) is 13.7. The summed E-state index contributed by atoms with van der Waals surface area (Å²) in [6.07, 6.45) is 3.81. The number of carbonyl (C=O) groups is 1. The highest BCUT2D eigenvalue weighted by molar-refractivity contribution is 5.75. The Bertz CT molecular complexity index is 238. The molecule has 0 saturated carbocycles. The zero-order valence-corrected chi connectivity index (χ0v) is 11.0. The lowest BCUT2D eigenvalue weighted by atomic mass is 9.80. The van der Waals surface area contributed by atoms with Crippen LogP contribution in [0.25, 0.3) is 0 Å². The molecule has 0 aromatic rings. The molecule has 0 aliphatic carbocycles. The van der Waals surface area contributed by atoms with E-state index >= 15 is 0 Å². The van der Waals surface area contributed by atoms with Crippen molar-refractivity contribution in [2.24, 2.45) is 11.3 Å². The highest BCUT2D eigenvalue weighted by Gasteiger charge is 2.32. The molecular formula is C13H24O2. The SMILES string of the molecule is C/C=C\C(C(=O)OC(C)(C)C)C(C)(C)C. The van der Waals surface area contributed by atoms with Gasteiger partial charge in [0.2, 0.25) is 0 Å². The Morgan fingerprint density at radius 1 is 1.13 bits per heavy atom. The molecule has 2 heteroatoms. The minimum atomic E-state index is -0.415. The Kier molecular flexibility index (Phi) is 4.57. The first-order valence-electron chi connectivity index (χ1n) is 5.43. The Balaban J connectivity index is 4.74. The molecule has 0 bridgehead atoms. The molecule has 2 nitrogen and oxygen atoms in total. The monoisotopic (exact) mass is 212 g/mol. The van der Waals surface area contributed by atoms with Crippen LogP contribution in [0.2, 0.25) is 0 Å². The second kappa shape index (κ2) is 4.82. The molecule has 0 heterocycles. The Labute approximate surface area is 93.7 Å². The van der Waals surface area contributed by atoms with Gasteiger partial charge in [-0.1, -0.05) is 32.9 Å². The van der Waals surface area contributed by atoms with Gasteiger partial charge in [0.1, 0.15) is 5.60 Å². The van der Waals surface area contributed by atoms with Gasteiger partial charge in [-0.3, -0.25) is 4.79 Å². The van der Waals surface area contributed by atoms with Crippen LogP contribution in [-0.2, 0) is 9.53 Å². The predicted octanol–water partition coefficient (Wildman–Crippen LogP) is 3.57. The molecule has 0 amide bonds. The number of hydrogen-bond acceptors (Lipinski definition) is 2. The third-order valence-electron chi connectivity index (χ3n) is 1.98. The van der Waals surface area contributed by atoms with Gasteiger partial charge in [0.05, 0.1) is 5.92 Å². The van der Waals surface area contributed by atoms with E-state index in [1.165, 1.54) is 0 Å². The summed E-state index contributed by atoms with van der Waals surface area (Å²) in [7, 11) is 0. The number of allylic oxidation sites excluding steroid dienone is 1. The normalized spacial score (nSPS) is 15.4. The Morgan fingerprint density at radius 3 is 1.87 bits per heavy atom. The summed E-state index contributed by atoms with van der Waals surface area (Å²) < 4.78 is 5.39. The summed E-state index contributed by atoms with van der Waals surface area (Å²) in [6, 6.07) is 0. The van der Waals surface area contributed by atoms with E-state index in [0.29, 0.717) is 0 Å². The molecule has 1 atom stereocenters. The molecule has 0 N–H and O–H groups in total. The topological polar surface area (TPSA) is 26.3 Å². The highest BCUT2D eigenvalue weighted by Crippen LogP contribution is 2.29. The van der Waals surface area contributed by atoms with Crippen LogP contribution in [0.15, 0.2) is 12.2 Å². The van der Waals surface area contributed by atoms with Crippen molar-refractivity contribution < 1.29 is 9.53 Å². The van der Waals surface area contributed by atoms with E-state index in [4.69, 9.17) is 4.74 Å². The predicted molar refractivity (Wildman–Crippen MR) is 63.6 cm³/mol. The van der Waals surface area contributed by atoms with Gasteiger partial charge in [0.25, 0.3) is 0 Å². The number of carbonyl (C=O) groups excluding carboxylic acids is 1. The lowest BCUT2D eigenvalue weighted by Crippen LogP contribution is -2.34. The fourth-order valence-corrected chi connectivity index (χ4v) is 1.28. The quantitative estimate of drug-likeness (QED) is 0.516. The average molecular weight is 212 g/mol. The van der Waals surface area contributed by atoms with Crippen LogP contribution in [0.5, 0.6) is 0 Å². The van der Waals surface area contributed by atoms with Crippen LogP contribution >= 0.6 is 0 Å². The van der Waals surface area contributed by atoms with Crippen LogP contribution in [0.1, 0.15) is 48.5 Å². The van der Waals surface area contributed by atoms with Crippen molar-refractivity contribution in [2.75, 3.05) is 0 Å². The zero-order chi connectivity index (χ0) is 12.3. The van der Waals surface area contributed by atoms with Crippen LogP contribution in [0.4, 0.5) is 0 Å². The summed E-state index contributed by atoms with van der Waals surface area (Å²) in [4.78, 5) is 11.9. The standard InChI is InChI=1S/C13H24O2/c1-8-9-10(12(2,3)4)11(14)15-13(5,6)7/h8-10H,1-7H3/b9-8-. The van der Waals surface area contributed by atoms with E-state index < -0.39 is 5.60 Å². The first kappa shape index (κ1) is 14.2. The van der Waals surface area contributed by atoms with Crippen molar-refractivity contribution in [3.63, 3.8) is 0 Å². The summed E-state index contributed by atoms with van der Waals surface area (Å²) in [5.74, 6) is -0.324. The molecule has 0 fully saturated rings. The van der Waals surface area contributed by atoms with E-state index in [0.717, 1.165) is 0 Å². The van der Waals surface area contributed by atoms with E-state index in [-0.39, 0.29) is 17.3 Å². The summed E-state index contributed by atoms with van der Waals surface area (Å²) >= 11 is 0. The fourth-order valence-electron chi connectivity index (χ4n) is 1.28. The third kappa shape index (κ3) is 5.60. The maximum absolute atomic E-state index is 11.9. The largest absolute Gasteiger partial charge is 0.460 e. The van der Waals surface area contributed by atoms with Crippen molar-refractivity contribution in [3.8, 4) is 0 Å². The van der Waals surface area contributed by atoms with Crippen LogP contribution < -0.4 is 0 Å². The first-order chi connectivity index (χ1) is 6.58. The van der Waals surface area contributed by atoms with Crippen LogP contribution in [-0.4, -0.2) is 11.6 Å². The van der Waals surface area contributed by atoms with Crippen molar-refractivity contribution in [2.45, 2.75) is 54.1 Å².